The third-order valence-electron chi connectivity index (χ3n) is 3.90. The summed E-state index contributed by atoms with van der Waals surface area (Å²) >= 11 is 0. The predicted molar refractivity (Wildman–Crippen MR) is 87.5 cm³/mol. The Morgan fingerprint density at radius 3 is 3.00 bits per heavy atom. The highest BCUT2D eigenvalue weighted by molar-refractivity contribution is 5.90. The summed E-state index contributed by atoms with van der Waals surface area (Å²) in [6, 6.07) is 7.38. The third-order valence-corrected chi connectivity index (χ3v) is 3.90. The van der Waals surface area contributed by atoms with Crippen LogP contribution >= 0.6 is 0 Å². The molecule has 6 nitrogen and oxygen atoms in total. The number of amides is 2. The van der Waals surface area contributed by atoms with Gasteiger partial charge in [-0.05, 0) is 43.5 Å². The molecule has 124 valence electrons. The summed E-state index contributed by atoms with van der Waals surface area (Å²) in [4.78, 5) is 14.2. The molecular formula is C17H23N3O3. The number of ether oxygens (including phenoxy) is 2. The van der Waals surface area contributed by atoms with E-state index in [-0.39, 0.29) is 12.1 Å². The summed E-state index contributed by atoms with van der Waals surface area (Å²) in [6.45, 7) is 3.58. The van der Waals surface area contributed by atoms with Crippen molar-refractivity contribution in [1.29, 1.82) is 5.26 Å². The van der Waals surface area contributed by atoms with E-state index in [1.54, 1.807) is 12.0 Å². The van der Waals surface area contributed by atoms with Gasteiger partial charge < -0.3 is 19.7 Å². The van der Waals surface area contributed by atoms with Gasteiger partial charge in [-0.25, -0.2) is 4.79 Å². The molecule has 1 aliphatic heterocycles. The molecule has 0 aromatic heterocycles. The second-order valence-corrected chi connectivity index (χ2v) is 5.60. The van der Waals surface area contributed by atoms with E-state index in [2.05, 4.69) is 11.4 Å². The lowest BCUT2D eigenvalue weighted by molar-refractivity contribution is 0.0841. The third kappa shape index (κ3) is 4.86. The van der Waals surface area contributed by atoms with Crippen molar-refractivity contribution in [3.8, 4) is 11.8 Å². The van der Waals surface area contributed by atoms with Crippen LogP contribution in [0.1, 0.15) is 24.8 Å². The van der Waals surface area contributed by atoms with Crippen molar-refractivity contribution >= 4 is 11.7 Å². The number of nitriles is 1. The van der Waals surface area contributed by atoms with Gasteiger partial charge in [0.05, 0.1) is 25.7 Å². The van der Waals surface area contributed by atoms with Crippen LogP contribution < -0.4 is 10.1 Å². The minimum Gasteiger partial charge on any atom is -0.497 e. The second-order valence-electron chi connectivity index (χ2n) is 5.60. The Balaban J connectivity index is 2.02. The van der Waals surface area contributed by atoms with E-state index in [0.29, 0.717) is 19.5 Å². The number of benzene rings is 1. The van der Waals surface area contributed by atoms with Gasteiger partial charge in [-0.3, -0.25) is 0 Å². The first-order chi connectivity index (χ1) is 11.1. The van der Waals surface area contributed by atoms with Gasteiger partial charge in [0.1, 0.15) is 5.75 Å². The lowest BCUT2D eigenvalue weighted by Crippen LogP contribution is -2.40. The Labute approximate surface area is 137 Å². The quantitative estimate of drug-likeness (QED) is 0.875. The van der Waals surface area contributed by atoms with Crippen LogP contribution in [0.4, 0.5) is 10.5 Å². The zero-order valence-electron chi connectivity index (χ0n) is 13.7. The highest BCUT2D eigenvalue weighted by atomic mass is 16.5. The van der Waals surface area contributed by atoms with E-state index in [4.69, 9.17) is 14.7 Å². The van der Waals surface area contributed by atoms with E-state index in [1.165, 1.54) is 0 Å². The fourth-order valence-corrected chi connectivity index (χ4v) is 2.59. The molecule has 1 N–H and O–H groups in total. The Hall–Kier alpha value is -2.26. The zero-order chi connectivity index (χ0) is 16.7. The van der Waals surface area contributed by atoms with Gasteiger partial charge in [0.15, 0.2) is 0 Å². The van der Waals surface area contributed by atoms with Crippen LogP contribution in [-0.4, -0.2) is 43.8 Å². The molecule has 0 aliphatic carbocycles. The van der Waals surface area contributed by atoms with Crippen molar-refractivity contribution in [3.63, 3.8) is 0 Å². The molecule has 1 aromatic rings. The van der Waals surface area contributed by atoms with Crippen LogP contribution in [0.25, 0.3) is 0 Å². The maximum Gasteiger partial charge on any atom is 0.321 e. The summed E-state index contributed by atoms with van der Waals surface area (Å²) in [5.41, 5.74) is 1.67. The van der Waals surface area contributed by atoms with Crippen molar-refractivity contribution in [2.45, 2.75) is 32.3 Å². The molecule has 1 atom stereocenters. The number of hydrogen-bond donors (Lipinski definition) is 1. The SMILES string of the molecule is COc1ccc(NC(=O)N(CCC#N)CC2CCCO2)c(C)c1. The molecule has 1 unspecified atom stereocenters. The fraction of sp³-hybridized carbons (Fsp3) is 0.529. The van der Waals surface area contributed by atoms with Gasteiger partial charge in [-0.2, -0.15) is 5.26 Å². The number of carbonyl (C=O) groups excluding carboxylic acids is 1. The molecule has 1 aromatic carbocycles. The molecule has 23 heavy (non-hydrogen) atoms. The van der Waals surface area contributed by atoms with E-state index < -0.39 is 0 Å². The maximum atomic E-state index is 12.5. The lowest BCUT2D eigenvalue weighted by atomic mass is 10.2. The van der Waals surface area contributed by atoms with Crippen LogP contribution in [0.5, 0.6) is 5.75 Å². The molecule has 1 fully saturated rings. The van der Waals surface area contributed by atoms with Crippen LogP contribution in [0.3, 0.4) is 0 Å². The van der Waals surface area contributed by atoms with Gasteiger partial charge in [-0.15, -0.1) is 0 Å². The van der Waals surface area contributed by atoms with Crippen LogP contribution in [0.15, 0.2) is 18.2 Å². The number of nitrogens with one attached hydrogen (secondary N) is 1. The first kappa shape index (κ1) is 17.1. The molecule has 2 rings (SSSR count). The van der Waals surface area contributed by atoms with Gasteiger partial charge in [0.25, 0.3) is 0 Å². The number of hydrogen-bond acceptors (Lipinski definition) is 4. The maximum absolute atomic E-state index is 12.5. The molecule has 1 heterocycles. The lowest BCUT2D eigenvalue weighted by Gasteiger charge is -2.25. The van der Waals surface area contributed by atoms with Crippen LogP contribution in [0, 0.1) is 18.3 Å². The zero-order valence-corrected chi connectivity index (χ0v) is 13.7. The highest BCUT2D eigenvalue weighted by Crippen LogP contribution is 2.22. The summed E-state index contributed by atoms with van der Waals surface area (Å²) in [5, 5.41) is 11.7. The van der Waals surface area contributed by atoms with Crippen molar-refractivity contribution in [2.24, 2.45) is 0 Å². The van der Waals surface area contributed by atoms with E-state index in [0.717, 1.165) is 36.4 Å². The molecule has 0 bridgehead atoms. The molecule has 2 amide bonds. The first-order valence-corrected chi connectivity index (χ1v) is 7.83. The minimum atomic E-state index is -0.205. The number of anilines is 1. The van der Waals surface area contributed by atoms with Gasteiger partial charge in [0, 0.05) is 25.4 Å². The van der Waals surface area contributed by atoms with Gasteiger partial charge in [-0.1, -0.05) is 0 Å². The average Bonchev–Trinajstić information content (AvgIpc) is 3.06. The van der Waals surface area contributed by atoms with Crippen molar-refractivity contribution in [1.82, 2.24) is 4.90 Å². The first-order valence-electron chi connectivity index (χ1n) is 7.83. The summed E-state index contributed by atoms with van der Waals surface area (Å²) in [5.74, 6) is 0.751. The van der Waals surface area contributed by atoms with Crippen molar-refractivity contribution in [2.75, 3.05) is 32.1 Å². The van der Waals surface area contributed by atoms with Crippen LogP contribution in [0.2, 0.25) is 0 Å². The minimum absolute atomic E-state index is 0.0661. The number of aryl methyl sites for hydroxylation is 1. The Bertz CT molecular complexity index is 577. The molecule has 1 aliphatic rings. The van der Waals surface area contributed by atoms with E-state index in [9.17, 15) is 4.79 Å². The van der Waals surface area contributed by atoms with Gasteiger partial charge in [0.2, 0.25) is 0 Å². The Morgan fingerprint density at radius 1 is 1.57 bits per heavy atom. The number of nitrogens with zero attached hydrogens (tertiary/aromatic N) is 2. The monoisotopic (exact) mass is 317 g/mol. The Morgan fingerprint density at radius 2 is 2.39 bits per heavy atom. The highest BCUT2D eigenvalue weighted by Gasteiger charge is 2.22. The van der Waals surface area contributed by atoms with E-state index in [1.807, 2.05) is 25.1 Å². The summed E-state index contributed by atoms with van der Waals surface area (Å²) in [6.07, 6.45) is 2.35. The molecule has 1 saturated heterocycles. The topological polar surface area (TPSA) is 74.6 Å². The number of urea groups is 1. The summed E-state index contributed by atoms with van der Waals surface area (Å²) in [7, 11) is 1.61. The van der Waals surface area contributed by atoms with Crippen LogP contribution in [-0.2, 0) is 4.74 Å². The van der Waals surface area contributed by atoms with Gasteiger partial charge >= 0.3 is 6.03 Å². The fourth-order valence-electron chi connectivity index (χ4n) is 2.59. The molecule has 0 saturated carbocycles. The predicted octanol–water partition coefficient (Wildman–Crippen LogP) is 2.93. The van der Waals surface area contributed by atoms with Crippen molar-refractivity contribution < 1.29 is 14.3 Å². The normalized spacial score (nSPS) is 16.7. The smallest absolute Gasteiger partial charge is 0.321 e. The number of methoxy groups -OCH3 is 1. The molecule has 0 radical (unpaired) electrons. The Kier molecular flexibility index (Phi) is 6.24. The average molecular weight is 317 g/mol. The van der Waals surface area contributed by atoms with E-state index >= 15 is 0 Å². The number of rotatable bonds is 6. The molecule has 0 spiro atoms. The number of carbonyl (C=O) groups is 1. The molecule has 6 heteroatoms. The summed E-state index contributed by atoms with van der Waals surface area (Å²) < 4.78 is 10.8. The largest absolute Gasteiger partial charge is 0.497 e. The second kappa shape index (κ2) is 8.39. The molecular weight excluding hydrogens is 294 g/mol. The standard InChI is InChI=1S/C17H23N3O3/c1-13-11-14(22-2)6-7-16(13)19-17(21)20(9-4-8-18)12-15-5-3-10-23-15/h6-7,11,15H,3-5,9-10,12H2,1-2H3,(H,19,21). The van der Waals surface area contributed by atoms with Crippen molar-refractivity contribution in [3.05, 3.63) is 23.8 Å².